The maximum atomic E-state index is 13.9. The summed E-state index contributed by atoms with van der Waals surface area (Å²) in [5.74, 6) is -2.94. The summed E-state index contributed by atoms with van der Waals surface area (Å²) in [5.41, 5.74) is 1.21. The molecule has 1 aliphatic heterocycles. The Labute approximate surface area is 358 Å². The molecule has 0 aliphatic carbocycles. The maximum Gasteiger partial charge on any atom is 0.410 e. The number of ether oxygens (including phenoxy) is 2. The predicted molar refractivity (Wildman–Crippen MR) is 231 cm³/mol. The van der Waals surface area contributed by atoms with Gasteiger partial charge in [0.15, 0.2) is 10.8 Å². The Balaban J connectivity index is 1.40. The number of carbonyl (C=O) groups is 6. The molecule has 3 N–H and O–H groups in total. The average molecular weight is 846 g/mol. The monoisotopic (exact) mass is 845 g/mol. The molecule has 0 unspecified atom stereocenters. The number of likely N-dealkylation sites (tertiary alicyclic amines) is 1. The number of thiazole rings is 1. The zero-order chi connectivity index (χ0) is 44.0. The van der Waals surface area contributed by atoms with Crippen LogP contribution in [0.1, 0.15) is 125 Å². The van der Waals surface area contributed by atoms with Crippen molar-refractivity contribution in [2.24, 2.45) is 17.8 Å². The lowest BCUT2D eigenvalue weighted by molar-refractivity contribution is -0.149. The van der Waals surface area contributed by atoms with Gasteiger partial charge in [-0.1, -0.05) is 102 Å². The van der Waals surface area contributed by atoms with Gasteiger partial charge in [-0.15, -0.1) is 11.3 Å². The number of ketones is 1. The third kappa shape index (κ3) is 14.6. The van der Waals surface area contributed by atoms with Crippen LogP contribution in [0.15, 0.2) is 66.0 Å². The quantitative estimate of drug-likeness (QED) is 0.0828. The first-order chi connectivity index (χ1) is 28.4. The summed E-state index contributed by atoms with van der Waals surface area (Å²) in [6, 6.07) is 16.4. The molecule has 1 fully saturated rings. The van der Waals surface area contributed by atoms with E-state index < -0.39 is 59.5 Å². The van der Waals surface area contributed by atoms with Gasteiger partial charge in [-0.05, 0) is 75.8 Å². The number of rotatable bonds is 19. The molecule has 4 amide bonds. The molecule has 1 aromatic heterocycles. The van der Waals surface area contributed by atoms with Crippen molar-refractivity contribution in [3.8, 4) is 0 Å². The van der Waals surface area contributed by atoms with Crippen LogP contribution in [0.25, 0.3) is 0 Å². The first-order valence-electron chi connectivity index (χ1n) is 21.1. The minimum absolute atomic E-state index is 0.0760. The average Bonchev–Trinajstić information content (AvgIpc) is 3.72. The molecule has 14 heteroatoms. The van der Waals surface area contributed by atoms with E-state index in [1.807, 2.05) is 88.4 Å². The van der Waals surface area contributed by atoms with Crippen LogP contribution in [-0.4, -0.2) is 81.8 Å². The lowest BCUT2D eigenvalue weighted by atomic mass is 9.94. The predicted octanol–water partition coefficient (Wildman–Crippen LogP) is 7.29. The second-order valence-electron chi connectivity index (χ2n) is 17.2. The van der Waals surface area contributed by atoms with E-state index >= 15 is 0 Å². The number of nitrogens with one attached hydrogen (secondary N) is 3. The molecule has 2 aromatic carbocycles. The van der Waals surface area contributed by atoms with Gasteiger partial charge in [-0.25, -0.2) is 9.78 Å². The van der Waals surface area contributed by atoms with E-state index in [0.29, 0.717) is 32.2 Å². The van der Waals surface area contributed by atoms with E-state index in [4.69, 9.17) is 9.47 Å². The minimum Gasteiger partial charge on any atom is -0.461 e. The topological polar surface area (TPSA) is 173 Å². The normalized spacial score (nSPS) is 16.8. The fraction of sp³-hybridized carbons (Fsp3) is 0.543. The molecule has 1 saturated heterocycles. The van der Waals surface area contributed by atoms with Gasteiger partial charge in [0.05, 0.1) is 5.92 Å². The smallest absolute Gasteiger partial charge is 0.410 e. The van der Waals surface area contributed by atoms with Crippen LogP contribution < -0.4 is 16.0 Å². The standard InChI is InChI=1S/C46H63N5O8S/c1-9-30(4)39(50-41(54)37-22-16-17-23-51(37)45(57)59-46(6,7)8)42(55)48-35(29(2)3)26-38(52)43-49-36(28-60-43)40(53)47-34(25-32-18-12-10-13-19-32)24-31(5)44(56)58-27-33-20-14-11-15-21-33/h10-15,18-21,28-31,34-35,37,39H,9,16-17,22-27H2,1-8H3,(H,47,53)(H,48,55)(H,50,54)/t30-,31-,34+,35+,37-,39-/m0/s1. The van der Waals surface area contributed by atoms with Crippen molar-refractivity contribution in [3.63, 3.8) is 0 Å². The largest absolute Gasteiger partial charge is 0.461 e. The van der Waals surface area contributed by atoms with Gasteiger partial charge in [0.1, 0.15) is 30.0 Å². The number of Topliss-reactive ketones (excluding diaryl/α,β-unsaturated/α-hetero) is 1. The molecule has 0 radical (unpaired) electrons. The van der Waals surface area contributed by atoms with Crippen molar-refractivity contribution in [2.75, 3.05) is 6.54 Å². The van der Waals surface area contributed by atoms with Gasteiger partial charge in [0.2, 0.25) is 11.8 Å². The summed E-state index contributed by atoms with van der Waals surface area (Å²) >= 11 is 1.05. The highest BCUT2D eigenvalue weighted by Gasteiger charge is 2.38. The van der Waals surface area contributed by atoms with Crippen molar-refractivity contribution >= 4 is 46.9 Å². The first-order valence-corrected chi connectivity index (χ1v) is 22.0. The number of piperidine rings is 1. The summed E-state index contributed by atoms with van der Waals surface area (Å²) < 4.78 is 11.1. The summed E-state index contributed by atoms with van der Waals surface area (Å²) in [6.45, 7) is 15.2. The number of hydrogen-bond acceptors (Lipinski definition) is 10. The van der Waals surface area contributed by atoms with E-state index in [-0.39, 0.29) is 47.3 Å². The van der Waals surface area contributed by atoms with E-state index in [0.717, 1.165) is 35.3 Å². The Morgan fingerprint density at radius 2 is 1.53 bits per heavy atom. The van der Waals surface area contributed by atoms with Crippen molar-refractivity contribution < 1.29 is 38.2 Å². The Kier molecular flexibility index (Phi) is 17.8. The maximum absolute atomic E-state index is 13.9. The summed E-state index contributed by atoms with van der Waals surface area (Å²) in [4.78, 5) is 86.7. The molecule has 0 spiro atoms. The van der Waals surface area contributed by atoms with Crippen molar-refractivity contribution in [1.29, 1.82) is 0 Å². The zero-order valence-electron chi connectivity index (χ0n) is 36.3. The number of esters is 1. The molecule has 2 heterocycles. The molecular formula is C46H63N5O8S. The highest BCUT2D eigenvalue weighted by molar-refractivity contribution is 7.12. The molecule has 326 valence electrons. The van der Waals surface area contributed by atoms with Crippen molar-refractivity contribution in [1.82, 2.24) is 25.8 Å². The van der Waals surface area contributed by atoms with Gasteiger partial charge < -0.3 is 25.4 Å². The molecule has 13 nitrogen and oxygen atoms in total. The Bertz CT molecular complexity index is 1900. The molecule has 3 aromatic rings. The molecule has 60 heavy (non-hydrogen) atoms. The van der Waals surface area contributed by atoms with E-state index in [9.17, 15) is 28.8 Å². The molecule has 6 atom stereocenters. The van der Waals surface area contributed by atoms with Gasteiger partial charge >= 0.3 is 12.1 Å². The van der Waals surface area contributed by atoms with Gasteiger partial charge in [-0.3, -0.25) is 28.9 Å². The highest BCUT2D eigenvalue weighted by atomic mass is 32.1. The highest BCUT2D eigenvalue weighted by Crippen LogP contribution is 2.23. The Hall–Kier alpha value is -5.11. The van der Waals surface area contributed by atoms with Crippen LogP contribution in [0.3, 0.4) is 0 Å². The summed E-state index contributed by atoms with van der Waals surface area (Å²) in [5, 5.41) is 10.6. The van der Waals surface area contributed by atoms with Crippen LogP contribution in [0.4, 0.5) is 4.79 Å². The van der Waals surface area contributed by atoms with Crippen molar-refractivity contribution in [3.05, 3.63) is 87.9 Å². The lowest BCUT2D eigenvalue weighted by Crippen LogP contribution is -2.59. The number of aromatic nitrogens is 1. The van der Waals surface area contributed by atoms with Crippen LogP contribution in [0.5, 0.6) is 0 Å². The Morgan fingerprint density at radius 3 is 2.15 bits per heavy atom. The van der Waals surface area contributed by atoms with Crippen LogP contribution in [0.2, 0.25) is 0 Å². The van der Waals surface area contributed by atoms with Gasteiger partial charge in [0.25, 0.3) is 5.91 Å². The van der Waals surface area contributed by atoms with E-state index in [2.05, 4.69) is 20.9 Å². The summed E-state index contributed by atoms with van der Waals surface area (Å²) in [7, 11) is 0. The third-order valence-electron chi connectivity index (χ3n) is 10.7. The van der Waals surface area contributed by atoms with Crippen molar-refractivity contribution in [2.45, 2.75) is 137 Å². The van der Waals surface area contributed by atoms with Crippen LogP contribution >= 0.6 is 11.3 Å². The fourth-order valence-corrected chi connectivity index (χ4v) is 7.71. The molecular weight excluding hydrogens is 783 g/mol. The number of nitrogens with zero attached hydrogens (tertiary/aromatic N) is 2. The first kappa shape index (κ1) is 47.6. The zero-order valence-corrected chi connectivity index (χ0v) is 37.1. The molecule has 1 aliphatic rings. The number of carbonyl (C=O) groups excluding carboxylic acids is 6. The molecule has 0 saturated carbocycles. The minimum atomic E-state index is -0.909. The third-order valence-corrected chi connectivity index (χ3v) is 11.5. The van der Waals surface area contributed by atoms with E-state index in [1.165, 1.54) is 10.3 Å². The SMILES string of the molecule is CC[C@H](C)[C@H](NC(=O)[C@@H]1CCCCN1C(=O)OC(C)(C)C)C(=O)N[C@H](CC(=O)c1nc(C(=O)N[C@@H](Cc2ccccc2)C[C@H](C)C(=O)OCc2ccccc2)cs1)C(C)C. The van der Waals surface area contributed by atoms with Crippen LogP contribution in [-0.2, 0) is 36.9 Å². The molecule has 0 bridgehead atoms. The summed E-state index contributed by atoms with van der Waals surface area (Å²) in [6.07, 6.45) is 2.70. The van der Waals surface area contributed by atoms with Crippen LogP contribution in [0, 0.1) is 17.8 Å². The second kappa shape index (κ2) is 22.5. The van der Waals surface area contributed by atoms with E-state index in [1.54, 1.807) is 27.7 Å². The fourth-order valence-electron chi connectivity index (χ4n) is 6.96. The number of benzene rings is 2. The molecule has 4 rings (SSSR count). The lowest BCUT2D eigenvalue weighted by Gasteiger charge is -2.37. The van der Waals surface area contributed by atoms with Gasteiger partial charge in [0, 0.05) is 30.4 Å². The Morgan fingerprint density at radius 1 is 0.883 bits per heavy atom. The second-order valence-corrected chi connectivity index (χ2v) is 18.0. The van der Waals surface area contributed by atoms with Gasteiger partial charge in [-0.2, -0.15) is 0 Å². The number of amides is 4. The number of hydrogen-bond donors (Lipinski definition) is 3.